The second-order valence-corrected chi connectivity index (χ2v) is 4.61. The molecule has 0 amide bonds. The van der Waals surface area contributed by atoms with Gasteiger partial charge in [-0.2, -0.15) is 0 Å². The van der Waals surface area contributed by atoms with Gasteiger partial charge in [0, 0.05) is 24.9 Å². The van der Waals surface area contributed by atoms with Crippen LogP contribution in [0, 0.1) is 5.82 Å². The maximum atomic E-state index is 13.0. The van der Waals surface area contributed by atoms with Crippen LogP contribution in [-0.2, 0) is 6.42 Å². The van der Waals surface area contributed by atoms with E-state index in [4.69, 9.17) is 10.5 Å². The highest BCUT2D eigenvalue weighted by molar-refractivity contribution is 9.10. The van der Waals surface area contributed by atoms with Gasteiger partial charge in [0.05, 0.1) is 16.8 Å². The van der Waals surface area contributed by atoms with Crippen LogP contribution >= 0.6 is 15.9 Å². The van der Waals surface area contributed by atoms with E-state index in [1.54, 1.807) is 12.4 Å². The number of nitrogens with two attached hydrogens (primary N) is 1. The van der Waals surface area contributed by atoms with Crippen molar-refractivity contribution < 1.29 is 9.13 Å². The van der Waals surface area contributed by atoms with Crippen molar-refractivity contribution >= 4 is 21.6 Å². The van der Waals surface area contributed by atoms with Crippen molar-refractivity contribution in [1.29, 1.82) is 0 Å². The van der Waals surface area contributed by atoms with Crippen LogP contribution in [0.25, 0.3) is 0 Å². The predicted octanol–water partition coefficient (Wildman–Crippen LogP) is 3.19. The molecule has 2 aromatic rings. The van der Waals surface area contributed by atoms with Crippen molar-refractivity contribution in [3.8, 4) is 5.75 Å². The molecule has 1 heterocycles. The van der Waals surface area contributed by atoms with Crippen LogP contribution < -0.4 is 10.5 Å². The van der Waals surface area contributed by atoms with Crippen molar-refractivity contribution in [3.05, 3.63) is 52.5 Å². The Bertz CT molecular complexity index is 511. The smallest absolute Gasteiger partial charge is 0.156 e. The predicted molar refractivity (Wildman–Crippen MR) is 71.9 cm³/mol. The van der Waals surface area contributed by atoms with E-state index in [1.165, 1.54) is 12.1 Å². The van der Waals surface area contributed by atoms with Gasteiger partial charge in [0.15, 0.2) is 5.75 Å². The fraction of sp³-hybridized carbons (Fsp3) is 0.154. The number of anilines is 1. The highest BCUT2D eigenvalue weighted by Crippen LogP contribution is 2.32. The Morgan fingerprint density at radius 3 is 2.67 bits per heavy atom. The molecular formula is C13H12BrFN2O. The number of nitrogens with zero attached hydrogens (tertiary/aromatic N) is 1. The van der Waals surface area contributed by atoms with Gasteiger partial charge in [-0.1, -0.05) is 0 Å². The van der Waals surface area contributed by atoms with Crippen LogP contribution in [0.4, 0.5) is 10.1 Å². The van der Waals surface area contributed by atoms with Gasteiger partial charge < -0.3 is 10.5 Å². The quantitative estimate of drug-likeness (QED) is 0.882. The van der Waals surface area contributed by atoms with Gasteiger partial charge in [0.1, 0.15) is 5.82 Å². The van der Waals surface area contributed by atoms with Crippen LogP contribution in [0.15, 0.2) is 41.1 Å². The summed E-state index contributed by atoms with van der Waals surface area (Å²) in [6.45, 7) is 0.471. The third kappa shape index (κ3) is 3.20. The van der Waals surface area contributed by atoms with Crippen molar-refractivity contribution in [2.75, 3.05) is 12.3 Å². The number of hydrogen-bond acceptors (Lipinski definition) is 3. The number of halogens is 2. The lowest BCUT2D eigenvalue weighted by molar-refractivity contribution is 0.321. The Kier molecular flexibility index (Phi) is 4.15. The summed E-state index contributed by atoms with van der Waals surface area (Å²) in [5.41, 5.74) is 7.11. The standard InChI is InChI=1S/C13H12BrFN2O/c14-11-7-10(15)8-12(16)13(11)18-6-3-9-1-4-17-5-2-9/h1-2,4-5,7-8H,3,6,16H2. The summed E-state index contributed by atoms with van der Waals surface area (Å²) >= 11 is 3.23. The molecule has 3 nitrogen and oxygen atoms in total. The fourth-order valence-electron chi connectivity index (χ4n) is 1.55. The largest absolute Gasteiger partial charge is 0.490 e. The molecule has 0 saturated heterocycles. The Hall–Kier alpha value is -1.62. The first-order valence-corrected chi connectivity index (χ1v) is 6.22. The van der Waals surface area contributed by atoms with E-state index < -0.39 is 0 Å². The number of ether oxygens (including phenoxy) is 1. The average molecular weight is 311 g/mol. The summed E-state index contributed by atoms with van der Waals surface area (Å²) in [6, 6.07) is 6.42. The second kappa shape index (κ2) is 5.82. The van der Waals surface area contributed by atoms with E-state index in [9.17, 15) is 4.39 Å². The highest BCUT2D eigenvalue weighted by atomic mass is 79.9. The zero-order valence-corrected chi connectivity index (χ0v) is 11.2. The minimum absolute atomic E-state index is 0.289. The number of hydrogen-bond donors (Lipinski definition) is 1. The molecule has 0 fully saturated rings. The lowest BCUT2D eigenvalue weighted by atomic mass is 10.2. The molecule has 18 heavy (non-hydrogen) atoms. The monoisotopic (exact) mass is 310 g/mol. The molecule has 0 bridgehead atoms. The highest BCUT2D eigenvalue weighted by Gasteiger charge is 2.08. The first-order chi connectivity index (χ1) is 8.66. The lowest BCUT2D eigenvalue weighted by Gasteiger charge is -2.11. The SMILES string of the molecule is Nc1cc(F)cc(Br)c1OCCc1ccncc1. The molecule has 0 radical (unpaired) electrons. The molecule has 0 saturated carbocycles. The molecule has 2 N–H and O–H groups in total. The van der Waals surface area contributed by atoms with Crippen molar-refractivity contribution in [2.24, 2.45) is 0 Å². The molecule has 0 aliphatic heterocycles. The number of rotatable bonds is 4. The van der Waals surface area contributed by atoms with Gasteiger partial charge in [-0.15, -0.1) is 0 Å². The fourth-order valence-corrected chi connectivity index (χ4v) is 2.12. The van der Waals surface area contributed by atoms with E-state index in [1.807, 2.05) is 12.1 Å². The molecule has 1 aromatic carbocycles. The van der Waals surface area contributed by atoms with Crippen molar-refractivity contribution in [1.82, 2.24) is 4.98 Å². The number of aromatic nitrogens is 1. The summed E-state index contributed by atoms with van der Waals surface area (Å²) in [7, 11) is 0. The third-order valence-corrected chi connectivity index (χ3v) is 3.01. The van der Waals surface area contributed by atoms with Crippen LogP contribution in [-0.4, -0.2) is 11.6 Å². The molecule has 0 aliphatic rings. The molecular weight excluding hydrogens is 299 g/mol. The molecule has 0 spiro atoms. The summed E-state index contributed by atoms with van der Waals surface area (Å²) in [5, 5.41) is 0. The number of pyridine rings is 1. The maximum absolute atomic E-state index is 13.0. The molecule has 2 rings (SSSR count). The Labute approximate surface area is 113 Å². The average Bonchev–Trinajstić information content (AvgIpc) is 2.34. The summed E-state index contributed by atoms with van der Waals surface area (Å²) in [5.74, 6) is 0.0892. The zero-order valence-electron chi connectivity index (χ0n) is 9.57. The van der Waals surface area contributed by atoms with Gasteiger partial charge >= 0.3 is 0 Å². The van der Waals surface area contributed by atoms with Gasteiger partial charge in [-0.3, -0.25) is 4.98 Å². The van der Waals surface area contributed by atoms with Gasteiger partial charge in [-0.25, -0.2) is 4.39 Å². The van der Waals surface area contributed by atoms with Crippen molar-refractivity contribution in [3.63, 3.8) is 0 Å². The number of benzene rings is 1. The zero-order chi connectivity index (χ0) is 13.0. The normalized spacial score (nSPS) is 10.3. The van der Waals surface area contributed by atoms with E-state index in [0.717, 1.165) is 12.0 Å². The number of nitrogen functional groups attached to an aromatic ring is 1. The second-order valence-electron chi connectivity index (χ2n) is 3.76. The Morgan fingerprint density at radius 2 is 2.00 bits per heavy atom. The van der Waals surface area contributed by atoms with Gasteiger partial charge in [-0.05, 0) is 39.7 Å². The third-order valence-electron chi connectivity index (χ3n) is 2.42. The van der Waals surface area contributed by atoms with Crippen LogP contribution in [0.5, 0.6) is 5.75 Å². The molecule has 0 unspecified atom stereocenters. The van der Waals surface area contributed by atoms with Crippen LogP contribution in [0.3, 0.4) is 0 Å². The summed E-state index contributed by atoms with van der Waals surface area (Å²) in [6.07, 6.45) is 4.21. The molecule has 5 heteroatoms. The Balaban J connectivity index is 1.99. The topological polar surface area (TPSA) is 48.1 Å². The van der Waals surface area contributed by atoms with Crippen molar-refractivity contribution in [2.45, 2.75) is 6.42 Å². The van der Waals surface area contributed by atoms with E-state index >= 15 is 0 Å². The molecule has 1 aromatic heterocycles. The van der Waals surface area contributed by atoms with E-state index in [-0.39, 0.29) is 11.5 Å². The minimum atomic E-state index is -0.388. The van der Waals surface area contributed by atoms with Gasteiger partial charge in [0.2, 0.25) is 0 Å². The van der Waals surface area contributed by atoms with E-state index in [2.05, 4.69) is 20.9 Å². The summed E-state index contributed by atoms with van der Waals surface area (Å²) < 4.78 is 19.1. The first kappa shape index (κ1) is 12.8. The summed E-state index contributed by atoms with van der Waals surface area (Å²) in [4.78, 5) is 3.94. The van der Waals surface area contributed by atoms with Crippen LogP contribution in [0.2, 0.25) is 0 Å². The van der Waals surface area contributed by atoms with Gasteiger partial charge in [0.25, 0.3) is 0 Å². The first-order valence-electron chi connectivity index (χ1n) is 5.43. The maximum Gasteiger partial charge on any atom is 0.156 e. The van der Waals surface area contributed by atoms with E-state index in [0.29, 0.717) is 16.8 Å². The molecule has 0 atom stereocenters. The molecule has 94 valence electrons. The Morgan fingerprint density at radius 1 is 1.28 bits per heavy atom. The molecule has 0 aliphatic carbocycles. The minimum Gasteiger partial charge on any atom is -0.490 e. The van der Waals surface area contributed by atoms with Crippen LogP contribution in [0.1, 0.15) is 5.56 Å². The lowest BCUT2D eigenvalue weighted by Crippen LogP contribution is -2.04.